The number of aromatic nitrogens is 2. The molecule has 2 heterocycles. The van der Waals surface area contributed by atoms with E-state index in [1.807, 2.05) is 17.9 Å². The SMILES string of the molecule is Cc1ccc(CN2CCCC(C(C)N)C2)c(-c2cnn(C)c2)c1. The Balaban J connectivity index is 1.82. The summed E-state index contributed by atoms with van der Waals surface area (Å²) in [5, 5.41) is 4.33. The highest BCUT2D eigenvalue weighted by Gasteiger charge is 2.23. The maximum Gasteiger partial charge on any atom is 0.0568 e. The highest BCUT2D eigenvalue weighted by atomic mass is 15.2. The first-order valence-corrected chi connectivity index (χ1v) is 8.59. The van der Waals surface area contributed by atoms with Gasteiger partial charge >= 0.3 is 0 Å². The van der Waals surface area contributed by atoms with Gasteiger partial charge in [-0.05, 0) is 50.3 Å². The van der Waals surface area contributed by atoms with Crippen LogP contribution >= 0.6 is 0 Å². The molecule has 0 radical (unpaired) electrons. The number of likely N-dealkylation sites (tertiary alicyclic amines) is 1. The van der Waals surface area contributed by atoms with Crippen molar-refractivity contribution in [2.24, 2.45) is 18.7 Å². The summed E-state index contributed by atoms with van der Waals surface area (Å²) < 4.78 is 1.87. The molecule has 2 atom stereocenters. The Morgan fingerprint density at radius 3 is 2.91 bits per heavy atom. The van der Waals surface area contributed by atoms with Crippen LogP contribution in [0.5, 0.6) is 0 Å². The van der Waals surface area contributed by atoms with Gasteiger partial charge in [-0.1, -0.05) is 23.8 Å². The molecule has 2 N–H and O–H groups in total. The normalized spacial score (nSPS) is 20.6. The molecule has 1 aliphatic heterocycles. The van der Waals surface area contributed by atoms with Crippen LogP contribution in [0.2, 0.25) is 0 Å². The molecule has 0 spiro atoms. The highest BCUT2D eigenvalue weighted by molar-refractivity contribution is 5.66. The van der Waals surface area contributed by atoms with Gasteiger partial charge < -0.3 is 5.73 Å². The van der Waals surface area contributed by atoms with E-state index >= 15 is 0 Å². The minimum absolute atomic E-state index is 0.286. The molecule has 4 nitrogen and oxygen atoms in total. The number of hydrogen-bond donors (Lipinski definition) is 1. The summed E-state index contributed by atoms with van der Waals surface area (Å²) in [7, 11) is 1.97. The summed E-state index contributed by atoms with van der Waals surface area (Å²) in [5.41, 5.74) is 11.3. The van der Waals surface area contributed by atoms with E-state index in [1.54, 1.807) is 0 Å². The number of nitrogens with zero attached hydrogens (tertiary/aromatic N) is 3. The van der Waals surface area contributed by atoms with Gasteiger partial charge in [0.1, 0.15) is 0 Å². The first kappa shape index (κ1) is 16.2. The average Bonchev–Trinajstić information content (AvgIpc) is 2.96. The lowest BCUT2D eigenvalue weighted by molar-refractivity contribution is 0.154. The van der Waals surface area contributed by atoms with Crippen LogP contribution in [0.1, 0.15) is 30.9 Å². The van der Waals surface area contributed by atoms with Crippen molar-refractivity contribution < 1.29 is 0 Å². The maximum atomic E-state index is 6.13. The van der Waals surface area contributed by atoms with Crippen molar-refractivity contribution in [2.75, 3.05) is 13.1 Å². The number of hydrogen-bond acceptors (Lipinski definition) is 3. The van der Waals surface area contributed by atoms with Crippen LogP contribution in [0.25, 0.3) is 11.1 Å². The van der Waals surface area contributed by atoms with Crippen LogP contribution in [0.3, 0.4) is 0 Å². The maximum absolute atomic E-state index is 6.13. The monoisotopic (exact) mass is 312 g/mol. The number of aryl methyl sites for hydroxylation is 2. The van der Waals surface area contributed by atoms with Crippen LogP contribution in [0.4, 0.5) is 0 Å². The summed E-state index contributed by atoms with van der Waals surface area (Å²) in [6.45, 7) is 7.56. The Morgan fingerprint density at radius 2 is 2.22 bits per heavy atom. The second-order valence-corrected chi connectivity index (χ2v) is 7.06. The third kappa shape index (κ3) is 3.82. The Hall–Kier alpha value is -1.65. The lowest BCUT2D eigenvalue weighted by Crippen LogP contribution is -2.41. The number of rotatable bonds is 4. The smallest absolute Gasteiger partial charge is 0.0568 e. The zero-order chi connectivity index (χ0) is 16.4. The number of benzene rings is 1. The molecular weight excluding hydrogens is 284 g/mol. The minimum Gasteiger partial charge on any atom is -0.328 e. The zero-order valence-corrected chi connectivity index (χ0v) is 14.5. The second-order valence-electron chi connectivity index (χ2n) is 7.06. The van der Waals surface area contributed by atoms with Crippen LogP contribution in [-0.4, -0.2) is 33.8 Å². The van der Waals surface area contributed by atoms with Crippen LogP contribution in [0, 0.1) is 12.8 Å². The first-order chi connectivity index (χ1) is 11.0. The molecule has 0 amide bonds. The van der Waals surface area contributed by atoms with Crippen molar-refractivity contribution >= 4 is 0 Å². The predicted molar refractivity (Wildman–Crippen MR) is 95.0 cm³/mol. The van der Waals surface area contributed by atoms with Crippen LogP contribution in [0.15, 0.2) is 30.6 Å². The largest absolute Gasteiger partial charge is 0.328 e. The molecule has 0 aliphatic carbocycles. The summed E-state index contributed by atoms with van der Waals surface area (Å²) >= 11 is 0. The molecule has 2 unspecified atom stereocenters. The predicted octanol–water partition coefficient (Wildman–Crippen LogP) is 2.95. The van der Waals surface area contributed by atoms with E-state index in [9.17, 15) is 0 Å². The van der Waals surface area contributed by atoms with Gasteiger partial charge in [0, 0.05) is 37.9 Å². The van der Waals surface area contributed by atoms with E-state index < -0.39 is 0 Å². The summed E-state index contributed by atoms with van der Waals surface area (Å²) in [6, 6.07) is 7.04. The standard InChI is InChI=1S/C19H28N4/c1-14-6-7-17(19(9-14)18-10-21-22(3)11-18)13-23-8-4-5-16(12-23)15(2)20/h6-7,9-11,15-16H,4-5,8,12-13,20H2,1-3H3. The minimum atomic E-state index is 0.286. The van der Waals surface area contributed by atoms with Crippen molar-refractivity contribution in [1.82, 2.24) is 14.7 Å². The van der Waals surface area contributed by atoms with E-state index in [4.69, 9.17) is 5.73 Å². The zero-order valence-electron chi connectivity index (χ0n) is 14.5. The molecule has 1 saturated heterocycles. The van der Waals surface area contributed by atoms with Gasteiger partial charge in [-0.3, -0.25) is 9.58 Å². The molecule has 124 valence electrons. The van der Waals surface area contributed by atoms with Crippen molar-refractivity contribution in [3.63, 3.8) is 0 Å². The van der Waals surface area contributed by atoms with Gasteiger partial charge in [0.25, 0.3) is 0 Å². The highest BCUT2D eigenvalue weighted by Crippen LogP contribution is 2.27. The lowest BCUT2D eigenvalue weighted by Gasteiger charge is -2.35. The topological polar surface area (TPSA) is 47.1 Å². The fraction of sp³-hybridized carbons (Fsp3) is 0.526. The van der Waals surface area contributed by atoms with Crippen LogP contribution in [-0.2, 0) is 13.6 Å². The summed E-state index contributed by atoms with van der Waals surface area (Å²) in [4.78, 5) is 2.56. The van der Waals surface area contributed by atoms with Gasteiger partial charge in [0.2, 0.25) is 0 Å². The summed E-state index contributed by atoms with van der Waals surface area (Å²) in [5.74, 6) is 0.621. The van der Waals surface area contributed by atoms with E-state index in [2.05, 4.69) is 48.2 Å². The van der Waals surface area contributed by atoms with Crippen molar-refractivity contribution in [1.29, 1.82) is 0 Å². The Labute approximate surface area is 139 Å². The Kier molecular flexibility index (Phi) is 4.83. The van der Waals surface area contributed by atoms with Crippen LogP contribution < -0.4 is 5.73 Å². The molecule has 1 aromatic carbocycles. The number of piperidine rings is 1. The van der Waals surface area contributed by atoms with Gasteiger partial charge in [-0.15, -0.1) is 0 Å². The molecule has 1 aliphatic rings. The van der Waals surface area contributed by atoms with Crippen molar-refractivity contribution in [3.05, 3.63) is 41.7 Å². The van der Waals surface area contributed by atoms with Gasteiger partial charge in [-0.2, -0.15) is 5.10 Å². The van der Waals surface area contributed by atoms with Gasteiger partial charge in [-0.25, -0.2) is 0 Å². The summed E-state index contributed by atoms with van der Waals surface area (Å²) in [6.07, 6.45) is 6.57. The van der Waals surface area contributed by atoms with Gasteiger partial charge in [0.15, 0.2) is 0 Å². The fourth-order valence-corrected chi connectivity index (χ4v) is 3.56. The third-order valence-electron chi connectivity index (χ3n) is 4.96. The van der Waals surface area contributed by atoms with Crippen molar-refractivity contribution in [3.8, 4) is 11.1 Å². The molecule has 0 saturated carbocycles. The van der Waals surface area contributed by atoms with E-state index in [-0.39, 0.29) is 6.04 Å². The lowest BCUT2D eigenvalue weighted by atomic mass is 9.91. The molecule has 23 heavy (non-hydrogen) atoms. The van der Waals surface area contributed by atoms with Crippen molar-refractivity contribution in [2.45, 2.75) is 39.3 Å². The molecule has 1 fully saturated rings. The Bertz CT molecular complexity index is 659. The number of nitrogens with two attached hydrogens (primary N) is 1. The van der Waals surface area contributed by atoms with E-state index in [1.165, 1.54) is 41.6 Å². The Morgan fingerprint density at radius 1 is 1.39 bits per heavy atom. The molecular formula is C19H28N4. The van der Waals surface area contributed by atoms with E-state index in [0.717, 1.165) is 13.1 Å². The first-order valence-electron chi connectivity index (χ1n) is 8.59. The average molecular weight is 312 g/mol. The fourth-order valence-electron chi connectivity index (χ4n) is 3.56. The van der Waals surface area contributed by atoms with Gasteiger partial charge in [0.05, 0.1) is 6.20 Å². The second kappa shape index (κ2) is 6.85. The third-order valence-corrected chi connectivity index (χ3v) is 4.96. The molecule has 4 heteroatoms. The molecule has 3 rings (SSSR count). The molecule has 1 aromatic heterocycles. The molecule has 0 bridgehead atoms. The van der Waals surface area contributed by atoms with E-state index in [0.29, 0.717) is 5.92 Å². The quantitative estimate of drug-likeness (QED) is 0.944. The molecule has 2 aromatic rings.